The van der Waals surface area contributed by atoms with Crippen molar-refractivity contribution >= 4 is 11.8 Å². The summed E-state index contributed by atoms with van der Waals surface area (Å²) in [6, 6.07) is 0. The van der Waals surface area contributed by atoms with Crippen LogP contribution in [-0.2, 0) is 0 Å². The van der Waals surface area contributed by atoms with Crippen LogP contribution in [0, 0.1) is 11.8 Å². The molecule has 2 unspecified atom stereocenters. The van der Waals surface area contributed by atoms with Gasteiger partial charge in [-0.1, -0.05) is 33.6 Å². The van der Waals surface area contributed by atoms with Gasteiger partial charge in [0.25, 0.3) is 0 Å². The molecule has 68 valence electrons. The van der Waals surface area contributed by atoms with Gasteiger partial charge in [-0.3, -0.25) is 0 Å². The van der Waals surface area contributed by atoms with Crippen molar-refractivity contribution in [1.82, 2.24) is 0 Å². The van der Waals surface area contributed by atoms with Gasteiger partial charge in [-0.2, -0.15) is 11.8 Å². The lowest BCUT2D eigenvalue weighted by molar-refractivity contribution is 0.358. The van der Waals surface area contributed by atoms with E-state index in [1.54, 1.807) is 0 Å². The SMILES string of the molecule is CCCC(CSC)C(C)CC. The third-order valence-electron chi connectivity index (χ3n) is 2.49. The summed E-state index contributed by atoms with van der Waals surface area (Å²) in [6.45, 7) is 6.97. The molecule has 2 atom stereocenters. The normalized spacial score (nSPS) is 16.4. The number of rotatable bonds is 6. The number of thioether (sulfide) groups is 1. The van der Waals surface area contributed by atoms with Gasteiger partial charge in [-0.15, -0.1) is 0 Å². The van der Waals surface area contributed by atoms with Gasteiger partial charge in [0.2, 0.25) is 0 Å². The van der Waals surface area contributed by atoms with Crippen LogP contribution in [0.5, 0.6) is 0 Å². The highest BCUT2D eigenvalue weighted by Gasteiger charge is 2.13. The summed E-state index contributed by atoms with van der Waals surface area (Å²) in [7, 11) is 0. The van der Waals surface area contributed by atoms with Gasteiger partial charge >= 0.3 is 0 Å². The molecular formula is C10H22S. The number of hydrogen-bond acceptors (Lipinski definition) is 1. The summed E-state index contributed by atoms with van der Waals surface area (Å²) in [5.41, 5.74) is 0. The van der Waals surface area contributed by atoms with Crippen LogP contribution in [0.3, 0.4) is 0 Å². The van der Waals surface area contributed by atoms with Gasteiger partial charge in [-0.25, -0.2) is 0 Å². The minimum Gasteiger partial charge on any atom is -0.165 e. The molecule has 0 aromatic carbocycles. The van der Waals surface area contributed by atoms with E-state index in [2.05, 4.69) is 27.0 Å². The lowest BCUT2D eigenvalue weighted by Crippen LogP contribution is -2.13. The first-order valence-corrected chi connectivity index (χ1v) is 6.14. The third-order valence-corrected chi connectivity index (χ3v) is 3.25. The monoisotopic (exact) mass is 174 g/mol. The molecule has 0 spiro atoms. The zero-order chi connectivity index (χ0) is 8.69. The molecule has 0 heterocycles. The summed E-state index contributed by atoms with van der Waals surface area (Å²) >= 11 is 1.99. The molecule has 0 aliphatic heterocycles. The summed E-state index contributed by atoms with van der Waals surface area (Å²) in [6.07, 6.45) is 6.31. The quantitative estimate of drug-likeness (QED) is 0.590. The van der Waals surface area contributed by atoms with E-state index in [0.29, 0.717) is 0 Å². The first kappa shape index (κ1) is 11.4. The second-order valence-electron chi connectivity index (χ2n) is 3.39. The van der Waals surface area contributed by atoms with Crippen molar-refractivity contribution in [1.29, 1.82) is 0 Å². The average Bonchev–Trinajstić information content (AvgIpc) is 2.03. The highest BCUT2D eigenvalue weighted by atomic mass is 32.2. The Labute approximate surface area is 76.1 Å². The molecule has 0 saturated heterocycles. The van der Waals surface area contributed by atoms with Gasteiger partial charge in [0.15, 0.2) is 0 Å². The van der Waals surface area contributed by atoms with E-state index in [1.807, 2.05) is 11.8 Å². The van der Waals surface area contributed by atoms with Crippen molar-refractivity contribution in [2.75, 3.05) is 12.0 Å². The predicted octanol–water partition coefficient (Wildman–Crippen LogP) is 3.81. The van der Waals surface area contributed by atoms with Crippen molar-refractivity contribution in [3.63, 3.8) is 0 Å². The Morgan fingerprint density at radius 2 is 1.91 bits per heavy atom. The molecule has 0 nitrogen and oxygen atoms in total. The second-order valence-corrected chi connectivity index (χ2v) is 4.30. The molecule has 1 heteroatoms. The van der Waals surface area contributed by atoms with Crippen molar-refractivity contribution in [3.05, 3.63) is 0 Å². The van der Waals surface area contributed by atoms with Crippen LogP contribution in [0.1, 0.15) is 40.0 Å². The van der Waals surface area contributed by atoms with E-state index >= 15 is 0 Å². The molecule has 0 aliphatic carbocycles. The summed E-state index contributed by atoms with van der Waals surface area (Å²) in [5.74, 6) is 3.23. The average molecular weight is 174 g/mol. The third kappa shape index (κ3) is 4.73. The van der Waals surface area contributed by atoms with Crippen LogP contribution >= 0.6 is 11.8 Å². The Hall–Kier alpha value is 0.350. The van der Waals surface area contributed by atoms with Gasteiger partial charge in [0.1, 0.15) is 0 Å². The van der Waals surface area contributed by atoms with Crippen LogP contribution in [0.4, 0.5) is 0 Å². The van der Waals surface area contributed by atoms with Gasteiger partial charge in [0, 0.05) is 0 Å². The van der Waals surface area contributed by atoms with E-state index in [-0.39, 0.29) is 0 Å². The summed E-state index contributed by atoms with van der Waals surface area (Å²) < 4.78 is 0. The highest BCUT2D eigenvalue weighted by molar-refractivity contribution is 7.98. The molecule has 0 rings (SSSR count). The van der Waals surface area contributed by atoms with Gasteiger partial charge in [0.05, 0.1) is 0 Å². The molecule has 0 aromatic heterocycles. The zero-order valence-electron chi connectivity index (χ0n) is 8.39. The standard InChI is InChI=1S/C10H22S/c1-5-7-10(8-11-4)9(3)6-2/h9-10H,5-8H2,1-4H3. The Morgan fingerprint density at radius 1 is 1.27 bits per heavy atom. The summed E-state index contributed by atoms with van der Waals surface area (Å²) in [5, 5.41) is 0. The molecule has 0 aromatic rings. The van der Waals surface area contributed by atoms with Crippen LogP contribution in [0.25, 0.3) is 0 Å². The lowest BCUT2D eigenvalue weighted by Gasteiger charge is -2.21. The highest BCUT2D eigenvalue weighted by Crippen LogP contribution is 2.23. The molecule has 0 aliphatic rings. The second kappa shape index (κ2) is 7.02. The number of hydrogen-bond donors (Lipinski definition) is 0. The minimum atomic E-state index is 0.919. The molecule has 0 N–H and O–H groups in total. The maximum Gasteiger partial charge on any atom is -0.00394 e. The minimum absolute atomic E-state index is 0.919. The molecule has 0 amide bonds. The van der Waals surface area contributed by atoms with Crippen LogP contribution in [-0.4, -0.2) is 12.0 Å². The molecule has 11 heavy (non-hydrogen) atoms. The van der Waals surface area contributed by atoms with Crippen molar-refractivity contribution in [2.24, 2.45) is 11.8 Å². The maximum absolute atomic E-state index is 2.39. The van der Waals surface area contributed by atoms with Crippen molar-refractivity contribution in [3.8, 4) is 0 Å². The van der Waals surface area contributed by atoms with E-state index in [1.165, 1.54) is 25.0 Å². The van der Waals surface area contributed by atoms with E-state index in [4.69, 9.17) is 0 Å². The van der Waals surface area contributed by atoms with Crippen molar-refractivity contribution < 1.29 is 0 Å². The molecular weight excluding hydrogens is 152 g/mol. The van der Waals surface area contributed by atoms with Crippen LogP contribution in [0.15, 0.2) is 0 Å². The van der Waals surface area contributed by atoms with Crippen LogP contribution in [0.2, 0.25) is 0 Å². The molecule has 0 bridgehead atoms. The maximum atomic E-state index is 2.39. The largest absolute Gasteiger partial charge is 0.165 e. The zero-order valence-corrected chi connectivity index (χ0v) is 9.21. The first-order valence-electron chi connectivity index (χ1n) is 4.75. The van der Waals surface area contributed by atoms with Gasteiger partial charge in [-0.05, 0) is 30.3 Å². The molecule has 0 fully saturated rings. The Balaban J connectivity index is 3.66. The van der Waals surface area contributed by atoms with E-state index in [0.717, 1.165) is 11.8 Å². The fourth-order valence-corrected chi connectivity index (χ4v) is 2.37. The smallest absolute Gasteiger partial charge is 0.00394 e. The fraction of sp³-hybridized carbons (Fsp3) is 1.00. The Bertz CT molecular complexity index is 74.9. The lowest BCUT2D eigenvalue weighted by atomic mass is 9.90. The first-order chi connectivity index (χ1) is 5.26. The van der Waals surface area contributed by atoms with Crippen LogP contribution < -0.4 is 0 Å². The molecule has 0 saturated carbocycles. The topological polar surface area (TPSA) is 0 Å². The molecule has 0 radical (unpaired) electrons. The predicted molar refractivity (Wildman–Crippen MR) is 56.2 cm³/mol. The Morgan fingerprint density at radius 3 is 2.27 bits per heavy atom. The van der Waals surface area contributed by atoms with E-state index in [9.17, 15) is 0 Å². The van der Waals surface area contributed by atoms with E-state index < -0.39 is 0 Å². The summed E-state index contributed by atoms with van der Waals surface area (Å²) in [4.78, 5) is 0. The Kier molecular flexibility index (Phi) is 7.25. The fourth-order valence-electron chi connectivity index (χ4n) is 1.45. The van der Waals surface area contributed by atoms with Crippen molar-refractivity contribution in [2.45, 2.75) is 40.0 Å². The van der Waals surface area contributed by atoms with Gasteiger partial charge < -0.3 is 0 Å².